The monoisotopic (exact) mass is 368 g/mol. The van der Waals surface area contributed by atoms with Crippen LogP contribution in [0.25, 0.3) is 0 Å². The van der Waals surface area contributed by atoms with Gasteiger partial charge in [-0.3, -0.25) is 10.1 Å². The van der Waals surface area contributed by atoms with E-state index in [1.165, 1.54) is 19.5 Å². The Kier molecular flexibility index (Phi) is 4.45. The van der Waals surface area contributed by atoms with Gasteiger partial charge in [0.2, 0.25) is 11.9 Å². The number of nitrogens with one attached hydrogen (secondary N) is 1. The molecule has 0 bridgehead atoms. The molecule has 1 aromatic heterocycles. The molecule has 8 heteroatoms. The summed E-state index contributed by atoms with van der Waals surface area (Å²) in [5.74, 6) is 0.953. The van der Waals surface area contributed by atoms with Crippen molar-refractivity contribution in [3.8, 4) is 11.5 Å². The van der Waals surface area contributed by atoms with Crippen molar-refractivity contribution in [3.63, 3.8) is 0 Å². The third kappa shape index (κ3) is 3.33. The van der Waals surface area contributed by atoms with E-state index < -0.39 is 0 Å². The highest BCUT2D eigenvalue weighted by Gasteiger charge is 2.28. The molecule has 1 aliphatic rings. The Labute approximate surface area is 154 Å². The highest BCUT2D eigenvalue weighted by atomic mass is 19.1. The van der Waals surface area contributed by atoms with Crippen LogP contribution in [-0.2, 0) is 11.4 Å². The standard InChI is InChI=1S/C19H17FN4O3/c1-26-17-8-12(15-9-18(25)23-19-21-11-22-24(15)19)6-7-16(17)27-10-13-4-2-3-5-14(13)20/h2-8,11,15H,9-10H2,1H3,(H,21,22,23,25)/t15-/m1/s1. The van der Waals surface area contributed by atoms with Crippen molar-refractivity contribution in [1.82, 2.24) is 14.8 Å². The molecular formula is C19H17FN4O3. The molecule has 2 heterocycles. The zero-order valence-corrected chi connectivity index (χ0v) is 14.6. The molecular weight excluding hydrogens is 351 g/mol. The van der Waals surface area contributed by atoms with E-state index in [9.17, 15) is 9.18 Å². The molecule has 138 valence electrons. The van der Waals surface area contributed by atoms with Crippen molar-refractivity contribution < 1.29 is 18.7 Å². The number of hydrogen-bond donors (Lipinski definition) is 1. The number of hydrogen-bond acceptors (Lipinski definition) is 5. The Bertz CT molecular complexity index is 989. The first kappa shape index (κ1) is 17.0. The second-order valence-corrected chi connectivity index (χ2v) is 6.09. The Morgan fingerprint density at radius 3 is 2.93 bits per heavy atom. The molecule has 7 nitrogen and oxygen atoms in total. The van der Waals surface area contributed by atoms with Crippen LogP contribution in [0.2, 0.25) is 0 Å². The predicted molar refractivity (Wildman–Crippen MR) is 95.1 cm³/mol. The summed E-state index contributed by atoms with van der Waals surface area (Å²) in [6.07, 6.45) is 1.64. The maximum atomic E-state index is 13.8. The van der Waals surface area contributed by atoms with E-state index in [1.54, 1.807) is 35.0 Å². The molecule has 0 saturated carbocycles. The molecule has 0 spiro atoms. The van der Waals surface area contributed by atoms with Crippen molar-refractivity contribution in [2.24, 2.45) is 0 Å². The fraction of sp³-hybridized carbons (Fsp3) is 0.211. The molecule has 0 saturated heterocycles. The third-order valence-electron chi connectivity index (χ3n) is 4.41. The average molecular weight is 368 g/mol. The average Bonchev–Trinajstić information content (AvgIpc) is 3.15. The maximum Gasteiger partial charge on any atom is 0.229 e. The van der Waals surface area contributed by atoms with Crippen molar-refractivity contribution >= 4 is 11.9 Å². The van der Waals surface area contributed by atoms with E-state index in [0.717, 1.165) is 5.56 Å². The van der Waals surface area contributed by atoms with Crippen molar-refractivity contribution in [1.29, 1.82) is 0 Å². The van der Waals surface area contributed by atoms with Gasteiger partial charge in [0.25, 0.3) is 0 Å². The van der Waals surface area contributed by atoms with Crippen LogP contribution < -0.4 is 14.8 Å². The number of methoxy groups -OCH3 is 1. The smallest absolute Gasteiger partial charge is 0.229 e. The summed E-state index contributed by atoms with van der Waals surface area (Å²) >= 11 is 0. The quantitative estimate of drug-likeness (QED) is 0.749. The summed E-state index contributed by atoms with van der Waals surface area (Å²) in [5.41, 5.74) is 1.30. The first-order chi connectivity index (χ1) is 13.2. The summed E-state index contributed by atoms with van der Waals surface area (Å²) in [6, 6.07) is 11.5. The zero-order valence-electron chi connectivity index (χ0n) is 14.6. The van der Waals surface area contributed by atoms with E-state index in [1.807, 2.05) is 6.07 Å². The Morgan fingerprint density at radius 2 is 2.11 bits per heavy atom. The minimum atomic E-state index is -0.319. The van der Waals surface area contributed by atoms with Crippen LogP contribution in [0.3, 0.4) is 0 Å². The zero-order chi connectivity index (χ0) is 18.8. The second kappa shape index (κ2) is 7.06. The van der Waals surface area contributed by atoms with Crippen LogP contribution >= 0.6 is 0 Å². The van der Waals surface area contributed by atoms with E-state index >= 15 is 0 Å². The molecule has 4 rings (SSSR count). The molecule has 27 heavy (non-hydrogen) atoms. The number of aromatic nitrogens is 3. The maximum absolute atomic E-state index is 13.8. The minimum absolute atomic E-state index is 0.0848. The summed E-state index contributed by atoms with van der Waals surface area (Å²) in [6.45, 7) is 0.0848. The largest absolute Gasteiger partial charge is 0.493 e. The van der Waals surface area contributed by atoms with Crippen LogP contribution in [0.4, 0.5) is 10.3 Å². The molecule has 1 aliphatic heterocycles. The van der Waals surface area contributed by atoms with Gasteiger partial charge in [0.1, 0.15) is 18.8 Å². The first-order valence-corrected chi connectivity index (χ1v) is 8.39. The molecule has 0 radical (unpaired) electrons. The van der Waals surface area contributed by atoms with Gasteiger partial charge in [-0.05, 0) is 23.8 Å². The Balaban J connectivity index is 1.59. The normalized spacial score (nSPS) is 15.8. The van der Waals surface area contributed by atoms with Crippen molar-refractivity contribution in [3.05, 3.63) is 65.7 Å². The SMILES string of the molecule is COc1cc([C@H]2CC(=O)Nc3ncnn32)ccc1OCc1ccccc1F. The number of halogens is 1. The first-order valence-electron chi connectivity index (χ1n) is 8.39. The second-order valence-electron chi connectivity index (χ2n) is 6.09. The fourth-order valence-corrected chi connectivity index (χ4v) is 3.05. The van der Waals surface area contributed by atoms with Gasteiger partial charge >= 0.3 is 0 Å². The van der Waals surface area contributed by atoms with Crippen LogP contribution in [0.5, 0.6) is 11.5 Å². The molecule has 2 aromatic carbocycles. The lowest BCUT2D eigenvalue weighted by Gasteiger charge is -2.24. The molecule has 1 atom stereocenters. The van der Waals surface area contributed by atoms with Gasteiger partial charge in [-0.1, -0.05) is 24.3 Å². The number of nitrogens with zero attached hydrogens (tertiary/aromatic N) is 3. The number of benzene rings is 2. The third-order valence-corrected chi connectivity index (χ3v) is 4.41. The van der Waals surface area contributed by atoms with Gasteiger partial charge in [-0.15, -0.1) is 0 Å². The lowest BCUT2D eigenvalue weighted by atomic mass is 10.0. The number of carbonyl (C=O) groups excluding carboxylic acids is 1. The lowest BCUT2D eigenvalue weighted by molar-refractivity contribution is -0.117. The topological polar surface area (TPSA) is 78.3 Å². The number of anilines is 1. The van der Waals surface area contributed by atoms with Gasteiger partial charge in [0.15, 0.2) is 11.5 Å². The molecule has 1 amide bonds. The molecule has 1 N–H and O–H groups in total. The number of amides is 1. The van der Waals surface area contributed by atoms with Crippen LogP contribution in [-0.4, -0.2) is 27.8 Å². The van der Waals surface area contributed by atoms with E-state index in [4.69, 9.17) is 9.47 Å². The highest BCUT2D eigenvalue weighted by molar-refractivity contribution is 5.91. The predicted octanol–water partition coefficient (Wildman–Crippen LogP) is 2.94. The lowest BCUT2D eigenvalue weighted by Crippen LogP contribution is -2.29. The van der Waals surface area contributed by atoms with Gasteiger partial charge in [0.05, 0.1) is 19.6 Å². The van der Waals surface area contributed by atoms with Crippen LogP contribution in [0, 0.1) is 5.82 Å². The Morgan fingerprint density at radius 1 is 1.26 bits per heavy atom. The molecule has 3 aromatic rings. The minimum Gasteiger partial charge on any atom is -0.493 e. The summed E-state index contributed by atoms with van der Waals surface area (Å²) < 4.78 is 26.6. The molecule has 0 aliphatic carbocycles. The molecule has 0 unspecified atom stereocenters. The summed E-state index contributed by atoms with van der Waals surface area (Å²) in [5, 5.41) is 6.87. The van der Waals surface area contributed by atoms with Gasteiger partial charge in [-0.2, -0.15) is 10.1 Å². The van der Waals surface area contributed by atoms with Crippen molar-refractivity contribution in [2.75, 3.05) is 12.4 Å². The Hall–Kier alpha value is -3.42. The van der Waals surface area contributed by atoms with Crippen LogP contribution in [0.15, 0.2) is 48.8 Å². The van der Waals surface area contributed by atoms with E-state index in [0.29, 0.717) is 23.0 Å². The number of carbonyl (C=O) groups is 1. The number of fused-ring (bicyclic) bond motifs is 1. The van der Waals surface area contributed by atoms with Crippen LogP contribution in [0.1, 0.15) is 23.6 Å². The van der Waals surface area contributed by atoms with Gasteiger partial charge in [-0.25, -0.2) is 9.07 Å². The van der Waals surface area contributed by atoms with E-state index in [-0.39, 0.29) is 30.8 Å². The molecule has 0 fully saturated rings. The highest BCUT2D eigenvalue weighted by Crippen LogP contribution is 2.35. The number of rotatable bonds is 5. The van der Waals surface area contributed by atoms with Gasteiger partial charge in [0, 0.05) is 5.56 Å². The van der Waals surface area contributed by atoms with Crippen molar-refractivity contribution in [2.45, 2.75) is 19.1 Å². The van der Waals surface area contributed by atoms with E-state index in [2.05, 4.69) is 15.4 Å². The number of ether oxygens (including phenoxy) is 2. The van der Waals surface area contributed by atoms with Gasteiger partial charge < -0.3 is 9.47 Å². The fourth-order valence-electron chi connectivity index (χ4n) is 3.05. The summed E-state index contributed by atoms with van der Waals surface area (Å²) in [4.78, 5) is 16.0. The summed E-state index contributed by atoms with van der Waals surface area (Å²) in [7, 11) is 1.53.